The second kappa shape index (κ2) is 15.2. The molecule has 2 atom stereocenters. The standard InChI is InChI=1S/C27H46N6O5.H2/c1-21(36-3)9-16-38-26(35)30-25(33-14-17-37-18-15-33)29-23(19-22-7-5-4-6-8-22)24(34)31-27(20-28)10-12-32(2)13-11-27;/h21-23H,4-19H2,1-3H3,(H,31,34)(H,29,30,35);1H/t21?,23-;/m0./s1. The first kappa shape index (κ1) is 30.1. The quantitative estimate of drug-likeness (QED) is 0.340. The lowest BCUT2D eigenvalue weighted by atomic mass is 9.84. The minimum absolute atomic E-state index is 0. The topological polar surface area (TPSA) is 129 Å². The Morgan fingerprint density at radius 2 is 1.87 bits per heavy atom. The third-order valence-corrected chi connectivity index (χ3v) is 7.96. The molecule has 0 radical (unpaired) electrons. The summed E-state index contributed by atoms with van der Waals surface area (Å²) in [5, 5.41) is 15.9. The van der Waals surface area contributed by atoms with Crippen molar-refractivity contribution >= 4 is 18.0 Å². The first-order chi connectivity index (χ1) is 18.3. The Labute approximate surface area is 228 Å². The Kier molecular flexibility index (Phi) is 12.1. The van der Waals surface area contributed by atoms with E-state index in [0.29, 0.717) is 63.9 Å². The number of carbonyl (C=O) groups excluding carboxylic acids is 2. The average Bonchev–Trinajstić information content (AvgIpc) is 2.94. The molecule has 3 fully saturated rings. The highest BCUT2D eigenvalue weighted by Gasteiger charge is 2.38. The third kappa shape index (κ3) is 9.40. The smallest absolute Gasteiger partial charge is 0.413 e. The maximum Gasteiger partial charge on any atom is 0.413 e. The molecule has 0 bridgehead atoms. The molecule has 0 aromatic rings. The molecule has 3 rings (SSSR count). The van der Waals surface area contributed by atoms with Gasteiger partial charge in [0.25, 0.3) is 0 Å². The van der Waals surface area contributed by atoms with Gasteiger partial charge < -0.3 is 29.3 Å². The molecule has 11 nitrogen and oxygen atoms in total. The van der Waals surface area contributed by atoms with Gasteiger partial charge in [0.1, 0.15) is 11.6 Å². The number of alkyl carbamates (subject to hydrolysis) is 1. The van der Waals surface area contributed by atoms with E-state index in [1.165, 1.54) is 6.42 Å². The van der Waals surface area contributed by atoms with Crippen LogP contribution in [-0.4, -0.2) is 106 Å². The zero-order valence-electron chi connectivity index (χ0n) is 23.4. The summed E-state index contributed by atoms with van der Waals surface area (Å²) in [5.41, 5.74) is -0.895. The average molecular weight is 537 g/mol. The molecule has 2 amide bonds. The Hall–Kier alpha value is -2.42. The van der Waals surface area contributed by atoms with Gasteiger partial charge in [-0.1, -0.05) is 32.1 Å². The normalized spacial score (nSPS) is 22.7. The van der Waals surface area contributed by atoms with Crippen LogP contribution in [0.15, 0.2) is 4.99 Å². The number of carbonyl (C=O) groups is 2. The predicted molar refractivity (Wildman–Crippen MR) is 146 cm³/mol. The number of morpholine rings is 1. The highest BCUT2D eigenvalue weighted by molar-refractivity contribution is 5.96. The fourth-order valence-electron chi connectivity index (χ4n) is 5.22. The lowest BCUT2D eigenvalue weighted by Crippen LogP contribution is -2.56. The summed E-state index contributed by atoms with van der Waals surface area (Å²) in [6.07, 6.45) is 7.32. The monoisotopic (exact) mass is 536 g/mol. The molecule has 0 aromatic carbocycles. The number of likely N-dealkylation sites (tertiary alicyclic amines) is 1. The van der Waals surface area contributed by atoms with Crippen molar-refractivity contribution in [3.63, 3.8) is 0 Å². The number of guanidine groups is 1. The van der Waals surface area contributed by atoms with E-state index in [-0.39, 0.29) is 20.0 Å². The number of nitrogens with zero attached hydrogens (tertiary/aromatic N) is 4. The van der Waals surface area contributed by atoms with Crippen LogP contribution in [0.3, 0.4) is 0 Å². The van der Waals surface area contributed by atoms with Gasteiger partial charge in [0.2, 0.25) is 11.9 Å². The lowest BCUT2D eigenvalue weighted by Gasteiger charge is -2.37. The Morgan fingerprint density at radius 3 is 2.50 bits per heavy atom. The van der Waals surface area contributed by atoms with Gasteiger partial charge in [-0.3, -0.25) is 10.1 Å². The predicted octanol–water partition coefficient (Wildman–Crippen LogP) is 2.51. The molecular formula is C27H48N6O5. The molecule has 2 aliphatic heterocycles. The molecule has 2 N–H and O–H groups in total. The number of hydrogen-bond acceptors (Lipinski definition) is 8. The lowest BCUT2D eigenvalue weighted by molar-refractivity contribution is -0.124. The summed E-state index contributed by atoms with van der Waals surface area (Å²) in [6, 6.07) is 1.67. The molecule has 1 aliphatic carbocycles. The molecule has 0 aromatic heterocycles. The molecule has 2 saturated heterocycles. The van der Waals surface area contributed by atoms with E-state index in [9.17, 15) is 14.9 Å². The van der Waals surface area contributed by atoms with Gasteiger partial charge in [-0.25, -0.2) is 9.79 Å². The summed E-state index contributed by atoms with van der Waals surface area (Å²) in [7, 11) is 3.64. The van der Waals surface area contributed by atoms with Crippen LogP contribution in [0, 0.1) is 17.2 Å². The fraction of sp³-hybridized carbons (Fsp3) is 0.852. The first-order valence-electron chi connectivity index (χ1n) is 14.1. The summed E-state index contributed by atoms with van der Waals surface area (Å²) >= 11 is 0. The molecule has 216 valence electrons. The van der Waals surface area contributed by atoms with E-state index in [0.717, 1.165) is 38.8 Å². The number of methoxy groups -OCH3 is 1. The van der Waals surface area contributed by atoms with Crippen LogP contribution in [0.4, 0.5) is 4.79 Å². The molecular weight excluding hydrogens is 488 g/mol. The third-order valence-electron chi connectivity index (χ3n) is 7.96. The highest BCUT2D eigenvalue weighted by atomic mass is 16.6. The Morgan fingerprint density at radius 1 is 1.18 bits per heavy atom. The van der Waals surface area contributed by atoms with E-state index in [4.69, 9.17) is 19.2 Å². The zero-order valence-corrected chi connectivity index (χ0v) is 23.4. The van der Waals surface area contributed by atoms with Gasteiger partial charge in [0, 0.05) is 41.1 Å². The van der Waals surface area contributed by atoms with Gasteiger partial charge in [-0.15, -0.1) is 0 Å². The van der Waals surface area contributed by atoms with E-state index >= 15 is 0 Å². The van der Waals surface area contributed by atoms with E-state index < -0.39 is 17.7 Å². The van der Waals surface area contributed by atoms with Crippen molar-refractivity contribution in [2.45, 2.75) is 82.4 Å². The van der Waals surface area contributed by atoms with Crippen molar-refractivity contribution in [1.82, 2.24) is 20.4 Å². The first-order valence-corrected chi connectivity index (χ1v) is 14.1. The number of hydrogen-bond donors (Lipinski definition) is 2. The summed E-state index contributed by atoms with van der Waals surface area (Å²) in [6.45, 7) is 5.73. The van der Waals surface area contributed by atoms with Crippen molar-refractivity contribution in [3.05, 3.63) is 0 Å². The maximum atomic E-state index is 13.7. The van der Waals surface area contributed by atoms with Crippen LogP contribution in [0.5, 0.6) is 0 Å². The van der Waals surface area contributed by atoms with Crippen molar-refractivity contribution in [2.24, 2.45) is 10.9 Å². The molecule has 38 heavy (non-hydrogen) atoms. The second-order valence-electron chi connectivity index (χ2n) is 10.9. The van der Waals surface area contributed by atoms with E-state index in [1.54, 1.807) is 7.11 Å². The minimum atomic E-state index is -0.895. The molecule has 2 heterocycles. The van der Waals surface area contributed by atoms with Crippen LogP contribution in [0.1, 0.15) is 66.1 Å². The molecule has 3 aliphatic rings. The van der Waals surface area contributed by atoms with Gasteiger partial charge in [0.05, 0.1) is 32.0 Å². The number of ether oxygens (including phenoxy) is 3. The van der Waals surface area contributed by atoms with E-state index in [1.807, 2.05) is 18.9 Å². The fourth-order valence-corrected chi connectivity index (χ4v) is 5.22. The number of amides is 2. The van der Waals surface area contributed by atoms with Crippen LogP contribution in [-0.2, 0) is 19.0 Å². The van der Waals surface area contributed by atoms with Gasteiger partial charge >= 0.3 is 6.09 Å². The Bertz CT molecular complexity index is 833. The number of nitriles is 1. The van der Waals surface area contributed by atoms with Gasteiger partial charge in [-0.05, 0) is 39.2 Å². The highest BCUT2D eigenvalue weighted by Crippen LogP contribution is 2.29. The maximum absolute atomic E-state index is 13.7. The molecule has 0 spiro atoms. The van der Waals surface area contributed by atoms with Crippen LogP contribution >= 0.6 is 0 Å². The van der Waals surface area contributed by atoms with Crippen LogP contribution in [0.25, 0.3) is 0 Å². The van der Waals surface area contributed by atoms with Crippen molar-refractivity contribution in [2.75, 3.05) is 60.2 Å². The van der Waals surface area contributed by atoms with Crippen LogP contribution < -0.4 is 10.6 Å². The van der Waals surface area contributed by atoms with Crippen LogP contribution in [0.2, 0.25) is 0 Å². The van der Waals surface area contributed by atoms with E-state index in [2.05, 4.69) is 21.6 Å². The second-order valence-corrected chi connectivity index (χ2v) is 10.9. The number of aliphatic imine (C=N–C) groups is 1. The SMILES string of the molecule is COC(C)CCOC(=O)NC(=N[C@@H](CC1CCCCC1)C(=O)NC1(C#N)CCN(C)CC1)N1CCOCC1.[HH]. The summed E-state index contributed by atoms with van der Waals surface area (Å²) in [5.74, 6) is 0.451. The largest absolute Gasteiger partial charge is 0.449 e. The minimum Gasteiger partial charge on any atom is -0.449 e. The van der Waals surface area contributed by atoms with Crippen molar-refractivity contribution < 1.29 is 25.2 Å². The van der Waals surface area contributed by atoms with Crippen molar-refractivity contribution in [1.29, 1.82) is 5.26 Å². The van der Waals surface area contributed by atoms with Gasteiger partial charge in [-0.2, -0.15) is 5.26 Å². The summed E-state index contributed by atoms with van der Waals surface area (Å²) in [4.78, 5) is 35.4. The molecule has 1 saturated carbocycles. The van der Waals surface area contributed by atoms with Gasteiger partial charge in [0.15, 0.2) is 0 Å². The number of rotatable bonds is 9. The molecule has 1 unspecified atom stereocenters. The Balaban J connectivity index is 0.00000533. The zero-order chi connectivity index (χ0) is 27.4. The molecule has 11 heteroatoms. The number of nitrogens with one attached hydrogen (secondary N) is 2. The summed E-state index contributed by atoms with van der Waals surface area (Å²) < 4.78 is 16.1. The van der Waals surface area contributed by atoms with Crippen molar-refractivity contribution in [3.8, 4) is 6.07 Å². The number of piperidine rings is 1.